The van der Waals surface area contributed by atoms with Crippen LogP contribution in [0.2, 0.25) is 10.0 Å². The van der Waals surface area contributed by atoms with Gasteiger partial charge in [0.1, 0.15) is 0 Å². The molecule has 31 heavy (non-hydrogen) atoms. The molecule has 0 unspecified atom stereocenters. The van der Waals surface area contributed by atoms with Crippen molar-refractivity contribution in [3.8, 4) is 0 Å². The summed E-state index contributed by atoms with van der Waals surface area (Å²) in [7, 11) is 0. The van der Waals surface area contributed by atoms with E-state index in [1.165, 1.54) is 0 Å². The molecule has 2 aromatic rings. The van der Waals surface area contributed by atoms with E-state index in [2.05, 4.69) is 10.6 Å². The minimum Gasteiger partial charge on any atom is -0.456 e. The quantitative estimate of drug-likeness (QED) is 0.506. The molecule has 2 N–H and O–H groups in total. The first kappa shape index (κ1) is 24.5. The summed E-state index contributed by atoms with van der Waals surface area (Å²) < 4.78 is 43.0. The normalized spacial score (nSPS) is 11.0. The van der Waals surface area contributed by atoms with E-state index in [-0.39, 0.29) is 35.9 Å². The number of ether oxygens (including phenoxy) is 1. The van der Waals surface area contributed by atoms with Gasteiger partial charge in [0.25, 0.3) is 5.91 Å². The van der Waals surface area contributed by atoms with Crippen molar-refractivity contribution >= 4 is 52.4 Å². The van der Waals surface area contributed by atoms with Gasteiger partial charge in [0.05, 0.1) is 16.3 Å². The van der Waals surface area contributed by atoms with E-state index in [0.29, 0.717) is 16.8 Å². The number of amides is 2. The first-order chi connectivity index (χ1) is 14.5. The van der Waals surface area contributed by atoms with Crippen LogP contribution in [0.5, 0.6) is 0 Å². The number of rotatable bonds is 8. The molecule has 0 radical (unpaired) electrons. The van der Waals surface area contributed by atoms with E-state index in [0.717, 1.165) is 12.1 Å². The molecule has 2 rings (SSSR count). The Bertz CT molecular complexity index is 950. The van der Waals surface area contributed by atoms with Crippen molar-refractivity contribution in [2.45, 2.75) is 25.4 Å². The highest BCUT2D eigenvalue weighted by atomic mass is 35.5. The van der Waals surface area contributed by atoms with E-state index in [9.17, 15) is 27.6 Å². The third kappa shape index (κ3) is 8.47. The largest absolute Gasteiger partial charge is 0.456 e. The molecule has 0 saturated heterocycles. The maximum Gasteiger partial charge on any atom is 0.416 e. The molecule has 2 aromatic carbocycles. The fraction of sp³-hybridized carbons (Fsp3) is 0.250. The van der Waals surface area contributed by atoms with Gasteiger partial charge in [-0.3, -0.25) is 14.4 Å². The lowest BCUT2D eigenvalue weighted by Crippen LogP contribution is -2.21. The van der Waals surface area contributed by atoms with Crippen molar-refractivity contribution in [1.29, 1.82) is 0 Å². The number of nitrogens with one attached hydrogen (secondary N) is 2. The molecule has 0 aliphatic carbocycles. The minimum atomic E-state index is -4.60. The van der Waals surface area contributed by atoms with Crippen molar-refractivity contribution in [1.82, 2.24) is 0 Å². The molecule has 0 fully saturated rings. The zero-order valence-corrected chi connectivity index (χ0v) is 17.4. The van der Waals surface area contributed by atoms with Gasteiger partial charge in [0.15, 0.2) is 6.61 Å². The monoisotopic (exact) mass is 476 g/mol. The van der Waals surface area contributed by atoms with Gasteiger partial charge in [0.2, 0.25) is 5.91 Å². The van der Waals surface area contributed by atoms with Crippen LogP contribution in [0.3, 0.4) is 0 Å². The van der Waals surface area contributed by atoms with Gasteiger partial charge in [-0.2, -0.15) is 13.2 Å². The van der Waals surface area contributed by atoms with Gasteiger partial charge >= 0.3 is 12.1 Å². The van der Waals surface area contributed by atoms with Crippen LogP contribution in [-0.4, -0.2) is 24.4 Å². The maximum absolute atomic E-state index is 12.7. The predicted molar refractivity (Wildman–Crippen MR) is 110 cm³/mol. The summed E-state index contributed by atoms with van der Waals surface area (Å²) in [6.07, 6.45) is -4.49. The molecule has 0 saturated carbocycles. The summed E-state index contributed by atoms with van der Waals surface area (Å²) in [5.74, 6) is -1.90. The molecule has 0 bridgehead atoms. The second-order valence-electron chi connectivity index (χ2n) is 6.31. The highest BCUT2D eigenvalue weighted by Crippen LogP contribution is 2.33. The maximum atomic E-state index is 12.7. The molecular weight excluding hydrogens is 460 g/mol. The highest BCUT2D eigenvalue weighted by Gasteiger charge is 2.31. The SMILES string of the molecule is O=C(CCCC(=O)OCC(=O)Nc1cc(C(F)(F)F)ccc1Cl)Nc1ccc(Cl)cc1. The van der Waals surface area contributed by atoms with Crippen LogP contribution in [0, 0.1) is 0 Å². The Hall–Kier alpha value is -2.78. The number of anilines is 2. The van der Waals surface area contributed by atoms with Crippen LogP contribution in [0.15, 0.2) is 42.5 Å². The fourth-order valence-corrected chi connectivity index (χ4v) is 2.64. The molecule has 11 heteroatoms. The Labute approximate surface area is 185 Å². The van der Waals surface area contributed by atoms with E-state index in [4.69, 9.17) is 27.9 Å². The molecule has 0 aliphatic heterocycles. The number of hydrogen-bond acceptors (Lipinski definition) is 4. The summed E-state index contributed by atoms with van der Waals surface area (Å²) in [4.78, 5) is 35.4. The number of benzene rings is 2. The summed E-state index contributed by atoms with van der Waals surface area (Å²) in [6.45, 7) is -0.706. The van der Waals surface area contributed by atoms with Gasteiger partial charge in [-0.05, 0) is 48.9 Å². The van der Waals surface area contributed by atoms with Gasteiger partial charge in [-0.15, -0.1) is 0 Å². The smallest absolute Gasteiger partial charge is 0.416 e. The van der Waals surface area contributed by atoms with Crippen molar-refractivity contribution in [2.75, 3.05) is 17.2 Å². The first-order valence-corrected chi connectivity index (χ1v) is 9.68. The average Bonchev–Trinajstić information content (AvgIpc) is 2.69. The molecule has 0 spiro atoms. The summed E-state index contributed by atoms with van der Waals surface area (Å²) in [5.41, 5.74) is -0.681. The number of hydrogen-bond donors (Lipinski definition) is 2. The van der Waals surface area contributed by atoms with Crippen molar-refractivity contribution in [2.24, 2.45) is 0 Å². The Morgan fingerprint density at radius 3 is 2.23 bits per heavy atom. The average molecular weight is 477 g/mol. The van der Waals surface area contributed by atoms with Gasteiger partial charge in [0, 0.05) is 23.6 Å². The van der Waals surface area contributed by atoms with E-state index in [1.807, 2.05) is 0 Å². The summed E-state index contributed by atoms with van der Waals surface area (Å²) in [5, 5.41) is 5.23. The van der Waals surface area contributed by atoms with Crippen LogP contribution in [0.25, 0.3) is 0 Å². The summed E-state index contributed by atoms with van der Waals surface area (Å²) >= 11 is 11.5. The number of carbonyl (C=O) groups is 3. The molecule has 0 heterocycles. The molecule has 0 aromatic heterocycles. The van der Waals surface area contributed by atoms with Crippen molar-refractivity contribution < 1.29 is 32.3 Å². The van der Waals surface area contributed by atoms with Gasteiger partial charge in [-0.25, -0.2) is 0 Å². The fourth-order valence-electron chi connectivity index (χ4n) is 2.35. The van der Waals surface area contributed by atoms with E-state index < -0.39 is 30.2 Å². The Balaban J connectivity index is 1.72. The Morgan fingerprint density at radius 2 is 1.58 bits per heavy atom. The van der Waals surface area contributed by atoms with Crippen molar-refractivity contribution in [3.05, 3.63) is 58.1 Å². The standard InChI is InChI=1S/C20H17Cl2F3N2O4/c21-13-5-7-14(8-6-13)26-17(28)2-1-3-19(30)31-11-18(29)27-16-10-12(20(23,24)25)4-9-15(16)22/h4-10H,1-3,11H2,(H,26,28)(H,27,29). The molecule has 6 nitrogen and oxygen atoms in total. The second-order valence-corrected chi connectivity index (χ2v) is 7.15. The predicted octanol–water partition coefficient (Wildman–Crippen LogP) is 5.30. The summed E-state index contributed by atoms with van der Waals surface area (Å²) in [6, 6.07) is 8.95. The molecule has 166 valence electrons. The van der Waals surface area contributed by atoms with E-state index in [1.54, 1.807) is 24.3 Å². The third-order valence-corrected chi connectivity index (χ3v) is 4.43. The topological polar surface area (TPSA) is 84.5 Å². The molecule has 2 amide bonds. The van der Waals surface area contributed by atoms with Crippen LogP contribution < -0.4 is 10.6 Å². The lowest BCUT2D eigenvalue weighted by Gasteiger charge is -2.12. The first-order valence-electron chi connectivity index (χ1n) is 8.92. The number of alkyl halides is 3. The third-order valence-electron chi connectivity index (χ3n) is 3.84. The minimum absolute atomic E-state index is 0.0454. The van der Waals surface area contributed by atoms with Gasteiger partial charge in [-0.1, -0.05) is 23.2 Å². The number of esters is 1. The van der Waals surface area contributed by atoms with Crippen LogP contribution >= 0.6 is 23.2 Å². The van der Waals surface area contributed by atoms with Gasteiger partial charge < -0.3 is 15.4 Å². The molecular formula is C20H17Cl2F3N2O4. The van der Waals surface area contributed by atoms with E-state index >= 15 is 0 Å². The van der Waals surface area contributed by atoms with Crippen LogP contribution in [0.1, 0.15) is 24.8 Å². The zero-order chi connectivity index (χ0) is 23.0. The van der Waals surface area contributed by atoms with Crippen LogP contribution in [-0.2, 0) is 25.3 Å². The molecule has 0 aliphatic rings. The Morgan fingerprint density at radius 1 is 0.903 bits per heavy atom. The Kier molecular flexibility index (Phi) is 8.70. The lowest BCUT2D eigenvalue weighted by atomic mass is 10.2. The number of carbonyl (C=O) groups excluding carboxylic acids is 3. The van der Waals surface area contributed by atoms with Crippen LogP contribution in [0.4, 0.5) is 24.5 Å². The highest BCUT2D eigenvalue weighted by molar-refractivity contribution is 6.33. The second kappa shape index (κ2) is 11.0. The van der Waals surface area contributed by atoms with Crippen molar-refractivity contribution in [3.63, 3.8) is 0 Å². The zero-order valence-electron chi connectivity index (χ0n) is 15.9. The molecule has 0 atom stereocenters. The number of halogens is 5. The lowest BCUT2D eigenvalue weighted by molar-refractivity contribution is -0.147.